The molecule has 1 rings (SSSR count). The van der Waals surface area contributed by atoms with Crippen molar-refractivity contribution in [3.05, 3.63) is 11.1 Å². The number of hydrogen-bond acceptors (Lipinski definition) is 4. The fourth-order valence-electron chi connectivity index (χ4n) is 1.23. The Labute approximate surface area is 104 Å². The molecule has 6 heteroatoms. The number of hydrogen-bond donors (Lipinski definition) is 2. The van der Waals surface area contributed by atoms with E-state index in [-0.39, 0.29) is 12.3 Å². The third kappa shape index (κ3) is 5.44. The number of thiazole rings is 1. The Balaban J connectivity index is 2.43. The normalized spacial score (nSPS) is 10.5. The summed E-state index contributed by atoms with van der Waals surface area (Å²) in [5.41, 5.74) is 5.65. The lowest BCUT2D eigenvalue weighted by Crippen LogP contribution is -2.14. The van der Waals surface area contributed by atoms with Crippen LogP contribution in [0, 0.1) is 5.92 Å². The Morgan fingerprint density at radius 1 is 1.53 bits per heavy atom. The summed E-state index contributed by atoms with van der Waals surface area (Å²) >= 11 is 1.30. The summed E-state index contributed by atoms with van der Waals surface area (Å²) < 4.78 is 0. The van der Waals surface area contributed by atoms with Gasteiger partial charge >= 0.3 is 0 Å². The Kier molecular flexibility index (Phi) is 5.09. The molecular formula is C11H17N3O2S. The van der Waals surface area contributed by atoms with Crippen molar-refractivity contribution < 1.29 is 9.59 Å². The Morgan fingerprint density at radius 3 is 2.82 bits per heavy atom. The van der Waals surface area contributed by atoms with Crippen LogP contribution in [0.4, 0.5) is 5.13 Å². The van der Waals surface area contributed by atoms with E-state index in [9.17, 15) is 9.59 Å². The second-order valence-electron chi connectivity index (χ2n) is 4.27. The van der Waals surface area contributed by atoms with Crippen molar-refractivity contribution in [2.75, 3.05) is 5.32 Å². The van der Waals surface area contributed by atoms with Crippen LogP contribution in [0.2, 0.25) is 0 Å². The minimum absolute atomic E-state index is 0.0429. The number of anilines is 1. The van der Waals surface area contributed by atoms with Crippen molar-refractivity contribution >= 4 is 28.3 Å². The third-order valence-corrected chi connectivity index (χ3v) is 2.91. The van der Waals surface area contributed by atoms with Gasteiger partial charge in [-0.05, 0) is 12.3 Å². The minimum Gasteiger partial charge on any atom is -0.369 e. The van der Waals surface area contributed by atoms with E-state index in [1.807, 2.05) is 0 Å². The van der Waals surface area contributed by atoms with Crippen LogP contribution in [0.1, 0.15) is 32.4 Å². The van der Waals surface area contributed by atoms with Crippen LogP contribution >= 0.6 is 11.3 Å². The molecule has 5 nitrogen and oxygen atoms in total. The first-order valence-corrected chi connectivity index (χ1v) is 6.38. The molecule has 94 valence electrons. The molecule has 1 heterocycles. The zero-order valence-electron chi connectivity index (χ0n) is 10.0. The maximum Gasteiger partial charge on any atom is 0.226 e. The Hall–Kier alpha value is -1.43. The van der Waals surface area contributed by atoms with Gasteiger partial charge in [-0.25, -0.2) is 4.98 Å². The first-order chi connectivity index (χ1) is 7.97. The first kappa shape index (κ1) is 13.6. The van der Waals surface area contributed by atoms with Gasteiger partial charge in [0.15, 0.2) is 5.13 Å². The van der Waals surface area contributed by atoms with Gasteiger partial charge in [0, 0.05) is 11.8 Å². The molecule has 0 saturated heterocycles. The van der Waals surface area contributed by atoms with Gasteiger partial charge in [-0.2, -0.15) is 0 Å². The van der Waals surface area contributed by atoms with Crippen molar-refractivity contribution in [3.63, 3.8) is 0 Å². The van der Waals surface area contributed by atoms with E-state index < -0.39 is 5.91 Å². The Bertz CT molecular complexity index is 401. The average molecular weight is 255 g/mol. The maximum absolute atomic E-state index is 11.5. The van der Waals surface area contributed by atoms with Crippen LogP contribution < -0.4 is 11.1 Å². The van der Waals surface area contributed by atoms with E-state index in [4.69, 9.17) is 5.73 Å². The van der Waals surface area contributed by atoms with Gasteiger partial charge in [0.25, 0.3) is 0 Å². The molecule has 0 aliphatic heterocycles. The summed E-state index contributed by atoms with van der Waals surface area (Å²) in [5.74, 6) is 0.0362. The van der Waals surface area contributed by atoms with Gasteiger partial charge in [0.05, 0.1) is 12.1 Å². The second-order valence-corrected chi connectivity index (χ2v) is 5.13. The van der Waals surface area contributed by atoms with Crippen LogP contribution in [-0.4, -0.2) is 16.8 Å². The largest absolute Gasteiger partial charge is 0.369 e. The van der Waals surface area contributed by atoms with Gasteiger partial charge in [-0.1, -0.05) is 13.8 Å². The van der Waals surface area contributed by atoms with Crippen LogP contribution in [0.3, 0.4) is 0 Å². The molecular weight excluding hydrogens is 238 g/mol. The summed E-state index contributed by atoms with van der Waals surface area (Å²) in [7, 11) is 0. The predicted octanol–water partition coefficient (Wildman–Crippen LogP) is 1.55. The summed E-state index contributed by atoms with van der Waals surface area (Å²) in [6.07, 6.45) is 1.45. The van der Waals surface area contributed by atoms with E-state index in [2.05, 4.69) is 24.1 Å². The number of amides is 2. The number of carbonyl (C=O) groups excluding carboxylic acids is 2. The van der Waals surface area contributed by atoms with Crippen molar-refractivity contribution in [2.45, 2.75) is 33.1 Å². The summed E-state index contributed by atoms with van der Waals surface area (Å²) in [6.45, 7) is 4.14. The molecule has 0 unspecified atom stereocenters. The fourth-order valence-corrected chi connectivity index (χ4v) is 1.95. The van der Waals surface area contributed by atoms with E-state index in [1.54, 1.807) is 5.38 Å². The Morgan fingerprint density at radius 2 is 2.24 bits per heavy atom. The van der Waals surface area contributed by atoms with Crippen LogP contribution in [0.15, 0.2) is 5.38 Å². The topological polar surface area (TPSA) is 85.1 Å². The number of nitrogens with zero attached hydrogens (tertiary/aromatic N) is 1. The number of nitrogens with one attached hydrogen (secondary N) is 1. The quantitative estimate of drug-likeness (QED) is 0.808. The summed E-state index contributed by atoms with van der Waals surface area (Å²) in [6, 6.07) is 0. The lowest BCUT2D eigenvalue weighted by atomic mass is 10.1. The summed E-state index contributed by atoms with van der Waals surface area (Å²) in [4.78, 5) is 26.3. The molecule has 0 atom stereocenters. The van der Waals surface area contributed by atoms with Crippen molar-refractivity contribution in [3.8, 4) is 0 Å². The molecule has 0 saturated carbocycles. The molecule has 0 aromatic carbocycles. The molecule has 3 N–H and O–H groups in total. The second kappa shape index (κ2) is 6.34. The molecule has 0 bridgehead atoms. The lowest BCUT2D eigenvalue weighted by molar-refractivity contribution is -0.117. The minimum atomic E-state index is -0.423. The highest BCUT2D eigenvalue weighted by Crippen LogP contribution is 2.16. The molecule has 17 heavy (non-hydrogen) atoms. The highest BCUT2D eigenvalue weighted by Gasteiger charge is 2.08. The SMILES string of the molecule is CC(C)CCC(=O)Nc1nc(CC(N)=O)cs1. The van der Waals surface area contributed by atoms with Gasteiger partial charge in [-0.3, -0.25) is 9.59 Å². The van der Waals surface area contributed by atoms with E-state index in [1.165, 1.54) is 11.3 Å². The maximum atomic E-state index is 11.5. The zero-order valence-corrected chi connectivity index (χ0v) is 10.8. The van der Waals surface area contributed by atoms with E-state index in [0.717, 1.165) is 6.42 Å². The van der Waals surface area contributed by atoms with E-state index in [0.29, 0.717) is 23.2 Å². The average Bonchev–Trinajstić information content (AvgIpc) is 2.61. The number of primary amides is 1. The van der Waals surface area contributed by atoms with Crippen molar-refractivity contribution in [1.82, 2.24) is 4.98 Å². The van der Waals surface area contributed by atoms with Gasteiger partial charge < -0.3 is 11.1 Å². The highest BCUT2D eigenvalue weighted by atomic mass is 32.1. The molecule has 0 aliphatic rings. The standard InChI is InChI=1S/C11H17N3O2S/c1-7(2)3-4-10(16)14-11-13-8(6-17-11)5-9(12)15/h6-7H,3-5H2,1-2H3,(H2,12,15)(H,13,14,16). The van der Waals surface area contributed by atoms with Gasteiger partial charge in [0.1, 0.15) is 0 Å². The number of nitrogens with two attached hydrogens (primary N) is 1. The van der Waals surface area contributed by atoms with Crippen LogP contribution in [-0.2, 0) is 16.0 Å². The molecule has 0 fully saturated rings. The van der Waals surface area contributed by atoms with Crippen molar-refractivity contribution in [2.24, 2.45) is 11.7 Å². The molecule has 0 aliphatic carbocycles. The van der Waals surface area contributed by atoms with Crippen LogP contribution in [0.5, 0.6) is 0 Å². The molecule has 0 spiro atoms. The highest BCUT2D eigenvalue weighted by molar-refractivity contribution is 7.13. The zero-order chi connectivity index (χ0) is 12.8. The first-order valence-electron chi connectivity index (χ1n) is 5.50. The number of aromatic nitrogens is 1. The van der Waals surface area contributed by atoms with Gasteiger partial charge in [-0.15, -0.1) is 11.3 Å². The van der Waals surface area contributed by atoms with Gasteiger partial charge in [0.2, 0.25) is 11.8 Å². The molecule has 1 aromatic heterocycles. The smallest absolute Gasteiger partial charge is 0.226 e. The fraction of sp³-hybridized carbons (Fsp3) is 0.545. The predicted molar refractivity (Wildman–Crippen MR) is 67.7 cm³/mol. The van der Waals surface area contributed by atoms with E-state index >= 15 is 0 Å². The number of carbonyl (C=O) groups is 2. The molecule has 2 amide bonds. The monoisotopic (exact) mass is 255 g/mol. The number of rotatable bonds is 6. The lowest BCUT2D eigenvalue weighted by Gasteiger charge is -2.03. The molecule has 0 radical (unpaired) electrons. The van der Waals surface area contributed by atoms with Crippen LogP contribution in [0.25, 0.3) is 0 Å². The molecule has 1 aromatic rings. The summed E-state index contributed by atoms with van der Waals surface area (Å²) in [5, 5.41) is 4.96. The third-order valence-electron chi connectivity index (χ3n) is 2.10. The van der Waals surface area contributed by atoms with Crippen molar-refractivity contribution in [1.29, 1.82) is 0 Å².